The second-order valence-corrected chi connectivity index (χ2v) is 3.85. The highest BCUT2D eigenvalue weighted by Crippen LogP contribution is 2.34. The normalized spacial score (nSPS) is 10.7. The molecule has 0 amide bonds. The van der Waals surface area contributed by atoms with Crippen LogP contribution in [0.3, 0.4) is 0 Å². The van der Waals surface area contributed by atoms with E-state index in [0.717, 1.165) is 10.9 Å². The highest BCUT2D eigenvalue weighted by Gasteiger charge is 2.12. The van der Waals surface area contributed by atoms with E-state index in [9.17, 15) is 0 Å². The molecule has 2 heterocycles. The summed E-state index contributed by atoms with van der Waals surface area (Å²) >= 11 is 0. The number of hydrogen-bond acceptors (Lipinski definition) is 5. The van der Waals surface area contributed by atoms with Crippen molar-refractivity contribution in [3.63, 3.8) is 0 Å². The van der Waals surface area contributed by atoms with Crippen molar-refractivity contribution in [1.29, 1.82) is 0 Å². The number of nitrogens with zero attached hydrogens (tertiary/aromatic N) is 2. The van der Waals surface area contributed by atoms with Crippen LogP contribution >= 0.6 is 0 Å². The number of benzene rings is 1. The molecule has 0 fully saturated rings. The van der Waals surface area contributed by atoms with Crippen LogP contribution in [0.4, 0.5) is 5.69 Å². The van der Waals surface area contributed by atoms with Crippen LogP contribution in [0.25, 0.3) is 22.3 Å². The Kier molecular flexibility index (Phi) is 2.37. The van der Waals surface area contributed by atoms with Crippen molar-refractivity contribution >= 4 is 16.7 Å². The van der Waals surface area contributed by atoms with Crippen molar-refractivity contribution in [3.05, 3.63) is 36.7 Å². The van der Waals surface area contributed by atoms with E-state index in [1.807, 2.05) is 24.3 Å². The first kappa shape index (κ1) is 10.6. The lowest BCUT2D eigenvalue weighted by molar-refractivity contribution is 0.411. The zero-order valence-corrected chi connectivity index (χ0v) is 9.75. The van der Waals surface area contributed by atoms with Gasteiger partial charge >= 0.3 is 0 Å². The maximum Gasteiger partial charge on any atom is 0.176 e. The molecule has 5 heteroatoms. The number of para-hydroxylation sites is 1. The Morgan fingerprint density at radius 1 is 1.22 bits per heavy atom. The van der Waals surface area contributed by atoms with E-state index < -0.39 is 0 Å². The molecule has 3 aromatic rings. The van der Waals surface area contributed by atoms with Crippen LogP contribution in [-0.2, 0) is 0 Å². The van der Waals surface area contributed by atoms with Crippen molar-refractivity contribution < 1.29 is 9.15 Å². The summed E-state index contributed by atoms with van der Waals surface area (Å²) in [6.45, 7) is 0. The van der Waals surface area contributed by atoms with Gasteiger partial charge in [-0.3, -0.25) is 0 Å². The summed E-state index contributed by atoms with van der Waals surface area (Å²) < 4.78 is 11.0. The number of nitrogens with two attached hydrogens (primary N) is 1. The third kappa shape index (κ3) is 1.57. The molecule has 2 N–H and O–H groups in total. The van der Waals surface area contributed by atoms with Gasteiger partial charge in [-0.25, -0.2) is 0 Å². The van der Waals surface area contributed by atoms with Crippen molar-refractivity contribution in [3.8, 4) is 17.1 Å². The minimum Gasteiger partial charge on any atom is -0.493 e. The standard InChI is InChI=1S/C13H11N3O2/c1-17-11-4-2-3-8-5-12(18-13(8)11)9-6-15-16-7-10(9)14/h2-7H,1H3,(H2,14,15). The largest absolute Gasteiger partial charge is 0.493 e. The number of hydrogen-bond donors (Lipinski definition) is 1. The SMILES string of the molecule is COc1cccc2cc(-c3cnncc3N)oc12. The van der Waals surface area contributed by atoms with E-state index in [4.69, 9.17) is 14.9 Å². The van der Waals surface area contributed by atoms with Gasteiger partial charge in [0, 0.05) is 5.39 Å². The van der Waals surface area contributed by atoms with Gasteiger partial charge in [0.05, 0.1) is 30.8 Å². The summed E-state index contributed by atoms with van der Waals surface area (Å²) in [6.07, 6.45) is 3.08. The van der Waals surface area contributed by atoms with Gasteiger partial charge in [0.25, 0.3) is 0 Å². The second kappa shape index (κ2) is 4.03. The average molecular weight is 241 g/mol. The van der Waals surface area contributed by atoms with Crippen LogP contribution in [0.1, 0.15) is 0 Å². The minimum atomic E-state index is 0.531. The first-order valence-electron chi connectivity index (χ1n) is 5.42. The van der Waals surface area contributed by atoms with Gasteiger partial charge < -0.3 is 14.9 Å². The summed E-state index contributed by atoms with van der Waals surface area (Å²) in [5.74, 6) is 1.35. The molecule has 90 valence electrons. The number of anilines is 1. The number of rotatable bonds is 2. The molecule has 3 rings (SSSR count). The lowest BCUT2D eigenvalue weighted by Gasteiger charge is -2.00. The number of aromatic nitrogens is 2. The first-order chi connectivity index (χ1) is 8.79. The molecule has 0 aliphatic carbocycles. The molecule has 18 heavy (non-hydrogen) atoms. The Morgan fingerprint density at radius 3 is 2.83 bits per heavy atom. The van der Waals surface area contributed by atoms with E-state index in [0.29, 0.717) is 22.8 Å². The monoisotopic (exact) mass is 241 g/mol. The predicted molar refractivity (Wildman–Crippen MR) is 68.2 cm³/mol. The van der Waals surface area contributed by atoms with Crippen LogP contribution in [0, 0.1) is 0 Å². The number of fused-ring (bicyclic) bond motifs is 1. The summed E-state index contributed by atoms with van der Waals surface area (Å²) in [5, 5.41) is 8.49. The fourth-order valence-electron chi connectivity index (χ4n) is 1.87. The van der Waals surface area contributed by atoms with Crippen LogP contribution in [-0.4, -0.2) is 17.3 Å². The van der Waals surface area contributed by atoms with Crippen LogP contribution < -0.4 is 10.5 Å². The van der Waals surface area contributed by atoms with Gasteiger partial charge in [0.1, 0.15) is 5.76 Å². The molecule has 0 radical (unpaired) electrons. The molecule has 0 saturated carbocycles. The Balaban J connectivity index is 2.23. The second-order valence-electron chi connectivity index (χ2n) is 3.85. The lowest BCUT2D eigenvalue weighted by Crippen LogP contribution is -1.91. The van der Waals surface area contributed by atoms with Crippen molar-refractivity contribution in [1.82, 2.24) is 10.2 Å². The van der Waals surface area contributed by atoms with Crippen molar-refractivity contribution in [2.45, 2.75) is 0 Å². The van der Waals surface area contributed by atoms with Crippen LogP contribution in [0.15, 0.2) is 41.1 Å². The van der Waals surface area contributed by atoms with Gasteiger partial charge in [-0.2, -0.15) is 10.2 Å². The maximum absolute atomic E-state index is 5.85. The van der Waals surface area contributed by atoms with E-state index in [1.54, 1.807) is 13.3 Å². The first-order valence-corrected chi connectivity index (χ1v) is 5.42. The third-order valence-electron chi connectivity index (χ3n) is 2.75. The number of ether oxygens (including phenoxy) is 1. The van der Waals surface area contributed by atoms with Gasteiger partial charge in [-0.1, -0.05) is 12.1 Å². The topological polar surface area (TPSA) is 74.2 Å². The van der Waals surface area contributed by atoms with E-state index >= 15 is 0 Å². The molecule has 0 aliphatic rings. The zero-order chi connectivity index (χ0) is 12.5. The summed E-state index contributed by atoms with van der Waals surface area (Å²) in [6, 6.07) is 7.62. The molecule has 2 aromatic heterocycles. The Hall–Kier alpha value is -2.56. The fourth-order valence-corrected chi connectivity index (χ4v) is 1.87. The van der Waals surface area contributed by atoms with E-state index in [2.05, 4.69) is 10.2 Å². The quantitative estimate of drug-likeness (QED) is 0.746. The molecule has 0 unspecified atom stereocenters. The molecule has 0 bridgehead atoms. The predicted octanol–water partition coefficient (Wildman–Crippen LogP) is 2.48. The van der Waals surface area contributed by atoms with Crippen LogP contribution in [0.5, 0.6) is 5.75 Å². The van der Waals surface area contributed by atoms with Gasteiger partial charge in [-0.05, 0) is 12.1 Å². The molecule has 1 aromatic carbocycles. The Labute approximate surface area is 103 Å². The van der Waals surface area contributed by atoms with E-state index in [1.165, 1.54) is 6.20 Å². The van der Waals surface area contributed by atoms with Crippen LogP contribution in [0.2, 0.25) is 0 Å². The van der Waals surface area contributed by atoms with Crippen molar-refractivity contribution in [2.75, 3.05) is 12.8 Å². The highest BCUT2D eigenvalue weighted by atomic mass is 16.5. The molecule has 0 atom stereocenters. The molecular formula is C13H11N3O2. The summed E-state index contributed by atoms with van der Waals surface area (Å²) in [4.78, 5) is 0. The Bertz CT molecular complexity index is 706. The zero-order valence-electron chi connectivity index (χ0n) is 9.75. The van der Waals surface area contributed by atoms with Gasteiger partial charge in [-0.15, -0.1) is 0 Å². The molecule has 0 saturated heterocycles. The van der Waals surface area contributed by atoms with E-state index in [-0.39, 0.29) is 0 Å². The summed E-state index contributed by atoms with van der Waals surface area (Å²) in [7, 11) is 1.61. The van der Waals surface area contributed by atoms with Crippen molar-refractivity contribution in [2.24, 2.45) is 0 Å². The molecule has 0 aliphatic heterocycles. The number of nitrogen functional groups attached to an aromatic ring is 1. The van der Waals surface area contributed by atoms with Gasteiger partial charge in [0.15, 0.2) is 11.3 Å². The summed E-state index contributed by atoms with van der Waals surface area (Å²) in [5.41, 5.74) is 7.81. The highest BCUT2D eigenvalue weighted by molar-refractivity contribution is 5.88. The maximum atomic E-state index is 5.85. The average Bonchev–Trinajstić information content (AvgIpc) is 2.82. The van der Waals surface area contributed by atoms with Gasteiger partial charge in [0.2, 0.25) is 0 Å². The third-order valence-corrected chi connectivity index (χ3v) is 2.75. The molecule has 5 nitrogen and oxygen atoms in total. The lowest BCUT2D eigenvalue weighted by atomic mass is 10.2. The smallest absolute Gasteiger partial charge is 0.176 e. The molecular weight excluding hydrogens is 230 g/mol. The Morgan fingerprint density at radius 2 is 2.06 bits per heavy atom. The number of methoxy groups -OCH3 is 1. The fraction of sp³-hybridized carbons (Fsp3) is 0.0769. The molecule has 0 spiro atoms. The minimum absolute atomic E-state index is 0.531. The number of furan rings is 1.